The molecule has 0 N–H and O–H groups in total. The van der Waals surface area contributed by atoms with Gasteiger partial charge in [0.2, 0.25) is 0 Å². The van der Waals surface area contributed by atoms with E-state index in [0.717, 1.165) is 0 Å². The summed E-state index contributed by atoms with van der Waals surface area (Å²) in [5, 5.41) is 10.2. The van der Waals surface area contributed by atoms with Crippen LogP contribution >= 0.6 is 11.3 Å². The standard InChI is InChI=1S/C16H18N6O3S2/c23-16(14-4-7-21(18-14)13-20-6-2-5-17-20)19-8-10-22(11-9-19)27(24,25)15-3-1-12-26-15/h1-7,12H,8-11,13H2. The van der Waals surface area contributed by atoms with Crippen LogP contribution in [0.4, 0.5) is 0 Å². The Kier molecular flexibility index (Phi) is 4.81. The monoisotopic (exact) mass is 406 g/mol. The highest BCUT2D eigenvalue weighted by molar-refractivity contribution is 7.91. The molecule has 1 fully saturated rings. The molecule has 9 nitrogen and oxygen atoms in total. The van der Waals surface area contributed by atoms with Gasteiger partial charge in [-0.3, -0.25) is 14.2 Å². The molecule has 0 unspecified atom stereocenters. The lowest BCUT2D eigenvalue weighted by molar-refractivity contribution is 0.0691. The molecule has 3 aromatic heterocycles. The Morgan fingerprint density at radius 3 is 2.56 bits per heavy atom. The molecule has 3 aromatic rings. The number of hydrogen-bond donors (Lipinski definition) is 0. The molecule has 1 amide bonds. The van der Waals surface area contributed by atoms with Gasteiger partial charge in [-0.25, -0.2) is 8.42 Å². The van der Waals surface area contributed by atoms with Gasteiger partial charge in [0.15, 0.2) is 0 Å². The highest BCUT2D eigenvalue weighted by atomic mass is 32.2. The Morgan fingerprint density at radius 1 is 1.07 bits per heavy atom. The SMILES string of the molecule is O=C(c1ccn(Cn2cccn2)n1)N1CCN(S(=O)(=O)c2cccs2)CC1. The van der Waals surface area contributed by atoms with Gasteiger partial charge in [0.25, 0.3) is 15.9 Å². The Hall–Kier alpha value is -2.50. The van der Waals surface area contributed by atoms with E-state index in [9.17, 15) is 13.2 Å². The molecule has 0 bridgehead atoms. The molecule has 0 aliphatic carbocycles. The van der Waals surface area contributed by atoms with Crippen LogP contribution in [0.5, 0.6) is 0 Å². The summed E-state index contributed by atoms with van der Waals surface area (Å²) in [4.78, 5) is 14.3. The molecular formula is C16H18N6O3S2. The van der Waals surface area contributed by atoms with Crippen LogP contribution in [0.1, 0.15) is 10.5 Å². The number of rotatable bonds is 5. The van der Waals surface area contributed by atoms with Gasteiger partial charge in [0, 0.05) is 44.8 Å². The second-order valence-corrected chi connectivity index (χ2v) is 9.17. The minimum Gasteiger partial charge on any atom is -0.335 e. The zero-order chi connectivity index (χ0) is 18.9. The van der Waals surface area contributed by atoms with Crippen molar-refractivity contribution in [3.63, 3.8) is 0 Å². The largest absolute Gasteiger partial charge is 0.335 e. The third-order valence-electron chi connectivity index (χ3n) is 4.32. The van der Waals surface area contributed by atoms with Crippen LogP contribution in [0.3, 0.4) is 0 Å². The van der Waals surface area contributed by atoms with E-state index >= 15 is 0 Å². The van der Waals surface area contributed by atoms with Crippen LogP contribution in [0.2, 0.25) is 0 Å². The molecule has 0 spiro atoms. The first-order chi connectivity index (χ1) is 13.0. The number of amides is 1. The van der Waals surface area contributed by atoms with Crippen LogP contribution in [-0.2, 0) is 16.7 Å². The van der Waals surface area contributed by atoms with Gasteiger partial charge in [-0.15, -0.1) is 11.3 Å². The predicted octanol–water partition coefficient (Wildman–Crippen LogP) is 0.794. The number of aromatic nitrogens is 4. The van der Waals surface area contributed by atoms with Crippen LogP contribution in [-0.4, -0.2) is 69.3 Å². The fourth-order valence-electron chi connectivity index (χ4n) is 2.92. The number of nitrogens with zero attached hydrogens (tertiary/aromatic N) is 6. The van der Waals surface area contributed by atoms with Crippen molar-refractivity contribution in [3.05, 3.63) is 53.9 Å². The molecule has 27 heavy (non-hydrogen) atoms. The third-order valence-corrected chi connectivity index (χ3v) is 7.60. The van der Waals surface area contributed by atoms with Crippen molar-refractivity contribution in [2.24, 2.45) is 0 Å². The topological polar surface area (TPSA) is 93.3 Å². The summed E-state index contributed by atoms with van der Waals surface area (Å²) in [6.45, 7) is 1.66. The van der Waals surface area contributed by atoms with E-state index in [1.807, 2.05) is 12.3 Å². The molecule has 0 radical (unpaired) electrons. The summed E-state index contributed by atoms with van der Waals surface area (Å²) in [6.07, 6.45) is 5.22. The molecular weight excluding hydrogens is 388 g/mol. The van der Waals surface area contributed by atoms with Gasteiger partial charge in [-0.1, -0.05) is 6.07 Å². The molecule has 142 valence electrons. The maximum absolute atomic E-state index is 12.7. The first-order valence-electron chi connectivity index (χ1n) is 8.38. The van der Waals surface area contributed by atoms with Crippen LogP contribution in [0.15, 0.2) is 52.4 Å². The molecule has 0 atom stereocenters. The summed E-state index contributed by atoms with van der Waals surface area (Å²) in [5.74, 6) is -0.192. The van der Waals surface area contributed by atoms with E-state index in [2.05, 4.69) is 10.2 Å². The Morgan fingerprint density at radius 2 is 1.89 bits per heavy atom. The van der Waals surface area contributed by atoms with Gasteiger partial charge >= 0.3 is 0 Å². The predicted molar refractivity (Wildman–Crippen MR) is 98.8 cm³/mol. The van der Waals surface area contributed by atoms with E-state index in [-0.39, 0.29) is 19.0 Å². The fourth-order valence-corrected chi connectivity index (χ4v) is 5.48. The lowest BCUT2D eigenvalue weighted by Crippen LogP contribution is -2.50. The molecule has 1 saturated heterocycles. The lowest BCUT2D eigenvalue weighted by atomic mass is 10.3. The van der Waals surface area contributed by atoms with Crippen LogP contribution in [0.25, 0.3) is 0 Å². The number of thiophene rings is 1. The Labute approximate surface area is 160 Å². The van der Waals surface area contributed by atoms with E-state index in [1.165, 1.54) is 15.6 Å². The van der Waals surface area contributed by atoms with Gasteiger partial charge in [0.1, 0.15) is 16.6 Å². The number of hydrogen-bond acceptors (Lipinski definition) is 6. The van der Waals surface area contributed by atoms with Crippen molar-refractivity contribution < 1.29 is 13.2 Å². The van der Waals surface area contributed by atoms with Crippen molar-refractivity contribution in [2.75, 3.05) is 26.2 Å². The minimum absolute atomic E-state index is 0.192. The number of carbonyl (C=O) groups excluding carboxylic acids is 1. The molecule has 4 heterocycles. The molecule has 0 aromatic carbocycles. The maximum Gasteiger partial charge on any atom is 0.274 e. The summed E-state index contributed by atoms with van der Waals surface area (Å²) >= 11 is 1.20. The summed E-state index contributed by atoms with van der Waals surface area (Å²) in [5.41, 5.74) is 0.344. The molecule has 4 rings (SSSR count). The highest BCUT2D eigenvalue weighted by Gasteiger charge is 2.31. The van der Waals surface area contributed by atoms with E-state index in [1.54, 1.807) is 50.2 Å². The normalized spacial score (nSPS) is 15.9. The quantitative estimate of drug-likeness (QED) is 0.625. The Bertz CT molecular complexity index is 1000. The summed E-state index contributed by atoms with van der Waals surface area (Å²) in [6, 6.07) is 6.81. The second-order valence-electron chi connectivity index (χ2n) is 6.06. The third kappa shape index (κ3) is 3.66. The number of carbonyl (C=O) groups is 1. The molecule has 0 saturated carbocycles. The van der Waals surface area contributed by atoms with Gasteiger partial charge in [-0.05, 0) is 23.6 Å². The number of piperazine rings is 1. The van der Waals surface area contributed by atoms with E-state index in [4.69, 9.17) is 0 Å². The van der Waals surface area contributed by atoms with Crippen molar-refractivity contribution in [3.8, 4) is 0 Å². The van der Waals surface area contributed by atoms with E-state index in [0.29, 0.717) is 29.7 Å². The summed E-state index contributed by atoms with van der Waals surface area (Å²) < 4.78 is 30.2. The first-order valence-corrected chi connectivity index (χ1v) is 10.7. The van der Waals surface area contributed by atoms with Gasteiger partial charge < -0.3 is 4.90 Å². The van der Waals surface area contributed by atoms with Crippen LogP contribution in [0, 0.1) is 0 Å². The zero-order valence-corrected chi connectivity index (χ0v) is 16.0. The molecule has 1 aliphatic rings. The van der Waals surface area contributed by atoms with Crippen molar-refractivity contribution in [1.29, 1.82) is 0 Å². The van der Waals surface area contributed by atoms with Crippen molar-refractivity contribution >= 4 is 27.3 Å². The molecule has 1 aliphatic heterocycles. The average Bonchev–Trinajstić information content (AvgIpc) is 3.44. The first kappa shape index (κ1) is 17.9. The Balaban J connectivity index is 1.38. The number of sulfonamides is 1. The van der Waals surface area contributed by atoms with Crippen LogP contribution < -0.4 is 0 Å². The smallest absolute Gasteiger partial charge is 0.274 e. The summed E-state index contributed by atoms with van der Waals surface area (Å²) in [7, 11) is -3.47. The maximum atomic E-state index is 12.7. The van der Waals surface area contributed by atoms with Crippen molar-refractivity contribution in [2.45, 2.75) is 10.9 Å². The minimum atomic E-state index is -3.47. The van der Waals surface area contributed by atoms with E-state index < -0.39 is 10.0 Å². The van der Waals surface area contributed by atoms with Gasteiger partial charge in [-0.2, -0.15) is 14.5 Å². The fraction of sp³-hybridized carbons (Fsp3) is 0.312. The van der Waals surface area contributed by atoms with Crippen molar-refractivity contribution in [1.82, 2.24) is 28.8 Å². The van der Waals surface area contributed by atoms with Gasteiger partial charge in [0.05, 0.1) is 0 Å². The molecule has 11 heteroatoms. The second kappa shape index (κ2) is 7.25. The average molecular weight is 406 g/mol. The lowest BCUT2D eigenvalue weighted by Gasteiger charge is -2.33. The zero-order valence-electron chi connectivity index (χ0n) is 14.4. The highest BCUT2D eigenvalue weighted by Crippen LogP contribution is 2.22.